The predicted octanol–water partition coefficient (Wildman–Crippen LogP) is 2.70. The minimum Gasteiger partial charge on any atom is -0.460 e. The first-order chi connectivity index (χ1) is 8.61. The zero-order chi connectivity index (χ0) is 13.1. The summed E-state index contributed by atoms with van der Waals surface area (Å²) in [6, 6.07) is 4.71. The number of aryl methyl sites for hydroxylation is 1. The van der Waals surface area contributed by atoms with Crippen molar-refractivity contribution in [2.24, 2.45) is 0 Å². The molecule has 4 nitrogen and oxygen atoms in total. The largest absolute Gasteiger partial charge is 0.460 e. The average Bonchev–Trinajstić information content (AvgIpc) is 2.82. The van der Waals surface area contributed by atoms with Gasteiger partial charge in [-0.1, -0.05) is 0 Å². The zero-order valence-electron chi connectivity index (χ0n) is 10.2. The third kappa shape index (κ3) is 2.40. The van der Waals surface area contributed by atoms with E-state index in [4.69, 9.17) is 4.74 Å². The van der Waals surface area contributed by atoms with Crippen LogP contribution >= 0.6 is 0 Å². The van der Waals surface area contributed by atoms with Crippen molar-refractivity contribution >= 4 is 5.97 Å². The second kappa shape index (κ2) is 5.00. The van der Waals surface area contributed by atoms with Gasteiger partial charge in [-0.2, -0.15) is 0 Å². The number of aromatic amines is 1. The molecule has 0 bridgehead atoms. The van der Waals surface area contributed by atoms with Crippen LogP contribution in [0.5, 0.6) is 0 Å². The Kier molecular flexibility index (Phi) is 3.41. The first kappa shape index (κ1) is 12.3. The maximum atomic E-state index is 13.1. The predicted molar refractivity (Wildman–Crippen MR) is 64.7 cm³/mol. The molecule has 0 radical (unpaired) electrons. The number of aromatic nitrogens is 2. The summed E-state index contributed by atoms with van der Waals surface area (Å²) in [7, 11) is 0. The number of nitrogens with zero attached hydrogens (tertiary/aromatic N) is 1. The molecule has 0 atom stereocenters. The maximum Gasteiger partial charge on any atom is 0.374 e. The Labute approximate surface area is 104 Å². The van der Waals surface area contributed by atoms with Crippen LogP contribution in [-0.4, -0.2) is 22.5 Å². The fraction of sp³-hybridized carbons (Fsp3) is 0.231. The Bertz CT molecular complexity index is 578. The smallest absolute Gasteiger partial charge is 0.374 e. The van der Waals surface area contributed by atoms with Crippen molar-refractivity contribution in [3.8, 4) is 11.3 Å². The molecule has 2 aromatic rings. The van der Waals surface area contributed by atoms with E-state index in [9.17, 15) is 9.18 Å². The van der Waals surface area contributed by atoms with Crippen LogP contribution in [0.25, 0.3) is 11.3 Å². The number of benzene rings is 1. The fourth-order valence-corrected chi connectivity index (χ4v) is 1.58. The molecule has 0 spiro atoms. The summed E-state index contributed by atoms with van der Waals surface area (Å²) < 4.78 is 18.0. The number of rotatable bonds is 3. The fourth-order valence-electron chi connectivity index (χ4n) is 1.58. The SMILES string of the molecule is CCOC(=O)c1ncc(-c2ccc(F)c(C)c2)[nH]1. The molecule has 2 rings (SSSR count). The molecule has 0 unspecified atom stereocenters. The lowest BCUT2D eigenvalue weighted by Crippen LogP contribution is -2.06. The van der Waals surface area contributed by atoms with Gasteiger partial charge in [0.15, 0.2) is 0 Å². The van der Waals surface area contributed by atoms with Gasteiger partial charge in [0.05, 0.1) is 18.5 Å². The van der Waals surface area contributed by atoms with Crippen LogP contribution in [0.4, 0.5) is 4.39 Å². The number of hydrogen-bond acceptors (Lipinski definition) is 3. The molecule has 0 aliphatic rings. The summed E-state index contributed by atoms with van der Waals surface area (Å²) in [6.45, 7) is 3.71. The van der Waals surface area contributed by atoms with Crippen molar-refractivity contribution in [2.75, 3.05) is 6.61 Å². The van der Waals surface area contributed by atoms with E-state index in [1.807, 2.05) is 0 Å². The van der Waals surface area contributed by atoms with Gasteiger partial charge in [-0.15, -0.1) is 0 Å². The number of carbonyl (C=O) groups is 1. The highest BCUT2D eigenvalue weighted by molar-refractivity contribution is 5.86. The minimum atomic E-state index is -0.498. The van der Waals surface area contributed by atoms with Gasteiger partial charge in [0.1, 0.15) is 5.82 Å². The van der Waals surface area contributed by atoms with E-state index >= 15 is 0 Å². The third-order valence-corrected chi connectivity index (χ3v) is 2.51. The minimum absolute atomic E-state index is 0.147. The number of nitrogens with one attached hydrogen (secondary N) is 1. The van der Waals surface area contributed by atoms with Gasteiger partial charge < -0.3 is 9.72 Å². The lowest BCUT2D eigenvalue weighted by molar-refractivity contribution is 0.0513. The van der Waals surface area contributed by atoms with Gasteiger partial charge in [0, 0.05) is 5.56 Å². The van der Waals surface area contributed by atoms with E-state index < -0.39 is 5.97 Å². The van der Waals surface area contributed by atoms with E-state index in [0.29, 0.717) is 17.9 Å². The van der Waals surface area contributed by atoms with Gasteiger partial charge >= 0.3 is 5.97 Å². The highest BCUT2D eigenvalue weighted by Crippen LogP contribution is 2.20. The van der Waals surface area contributed by atoms with Crippen LogP contribution in [0.15, 0.2) is 24.4 Å². The Morgan fingerprint density at radius 1 is 1.50 bits per heavy atom. The molecule has 1 heterocycles. The molecule has 0 aliphatic carbocycles. The molecule has 0 saturated heterocycles. The van der Waals surface area contributed by atoms with E-state index in [1.54, 1.807) is 26.0 Å². The molecule has 1 N–H and O–H groups in total. The third-order valence-electron chi connectivity index (χ3n) is 2.51. The molecule has 0 aliphatic heterocycles. The molecule has 18 heavy (non-hydrogen) atoms. The first-order valence-electron chi connectivity index (χ1n) is 5.60. The van der Waals surface area contributed by atoms with Crippen molar-refractivity contribution in [3.63, 3.8) is 0 Å². The second-order valence-corrected chi connectivity index (χ2v) is 3.83. The number of halogens is 1. The Morgan fingerprint density at radius 3 is 2.94 bits per heavy atom. The second-order valence-electron chi connectivity index (χ2n) is 3.83. The Hall–Kier alpha value is -2.17. The molecule has 5 heteroatoms. The van der Waals surface area contributed by atoms with Crippen LogP contribution < -0.4 is 0 Å². The first-order valence-corrected chi connectivity index (χ1v) is 5.60. The van der Waals surface area contributed by atoms with Gasteiger partial charge in [0.2, 0.25) is 5.82 Å². The van der Waals surface area contributed by atoms with E-state index in [1.165, 1.54) is 12.3 Å². The van der Waals surface area contributed by atoms with Crippen molar-refractivity contribution in [2.45, 2.75) is 13.8 Å². The Morgan fingerprint density at radius 2 is 2.28 bits per heavy atom. The van der Waals surface area contributed by atoms with Crippen molar-refractivity contribution in [1.29, 1.82) is 0 Å². The molecule has 1 aromatic carbocycles. The Balaban J connectivity index is 2.29. The van der Waals surface area contributed by atoms with E-state index in [2.05, 4.69) is 9.97 Å². The molecular formula is C13H13FN2O2. The lowest BCUT2D eigenvalue weighted by atomic mass is 10.1. The average molecular weight is 248 g/mol. The number of esters is 1. The number of hydrogen-bond donors (Lipinski definition) is 1. The molecule has 1 aromatic heterocycles. The molecule has 0 amide bonds. The maximum absolute atomic E-state index is 13.1. The van der Waals surface area contributed by atoms with Crippen molar-refractivity contribution < 1.29 is 13.9 Å². The number of carbonyl (C=O) groups excluding carboxylic acids is 1. The molecule has 94 valence electrons. The highest BCUT2D eigenvalue weighted by Gasteiger charge is 2.12. The zero-order valence-corrected chi connectivity index (χ0v) is 10.2. The van der Waals surface area contributed by atoms with Gasteiger partial charge in [0.25, 0.3) is 0 Å². The highest BCUT2D eigenvalue weighted by atomic mass is 19.1. The van der Waals surface area contributed by atoms with Crippen LogP contribution in [0.1, 0.15) is 23.1 Å². The summed E-state index contributed by atoms with van der Waals surface area (Å²) in [5.74, 6) is -0.611. The summed E-state index contributed by atoms with van der Waals surface area (Å²) in [5, 5.41) is 0. The lowest BCUT2D eigenvalue weighted by Gasteiger charge is -2.01. The van der Waals surface area contributed by atoms with E-state index in [-0.39, 0.29) is 11.6 Å². The van der Waals surface area contributed by atoms with E-state index in [0.717, 1.165) is 5.56 Å². The number of imidazole rings is 1. The molecule has 0 saturated carbocycles. The number of H-pyrrole nitrogens is 1. The van der Waals surface area contributed by atoms with Crippen molar-refractivity contribution in [3.05, 3.63) is 41.6 Å². The quantitative estimate of drug-likeness (QED) is 0.850. The number of ether oxygens (including phenoxy) is 1. The summed E-state index contributed by atoms with van der Waals surface area (Å²) in [5.41, 5.74) is 1.97. The van der Waals surface area contributed by atoms with Crippen LogP contribution in [0.2, 0.25) is 0 Å². The van der Waals surface area contributed by atoms with Crippen LogP contribution in [0, 0.1) is 12.7 Å². The molecular weight excluding hydrogens is 235 g/mol. The normalized spacial score (nSPS) is 10.4. The summed E-state index contributed by atoms with van der Waals surface area (Å²) in [6.07, 6.45) is 1.53. The van der Waals surface area contributed by atoms with Crippen LogP contribution in [-0.2, 0) is 4.74 Å². The molecule has 0 fully saturated rings. The van der Waals surface area contributed by atoms with Crippen LogP contribution in [0.3, 0.4) is 0 Å². The summed E-state index contributed by atoms with van der Waals surface area (Å²) in [4.78, 5) is 18.2. The summed E-state index contributed by atoms with van der Waals surface area (Å²) >= 11 is 0. The van der Waals surface area contributed by atoms with Gasteiger partial charge in [-0.05, 0) is 37.6 Å². The van der Waals surface area contributed by atoms with Gasteiger partial charge in [-0.25, -0.2) is 14.2 Å². The monoisotopic (exact) mass is 248 g/mol. The van der Waals surface area contributed by atoms with Gasteiger partial charge in [-0.3, -0.25) is 0 Å². The standard InChI is InChI=1S/C13H13FN2O2/c1-3-18-13(17)12-15-7-11(16-12)9-4-5-10(14)8(2)6-9/h4-7H,3H2,1-2H3,(H,15,16). The topological polar surface area (TPSA) is 55.0 Å². The van der Waals surface area contributed by atoms with Crippen molar-refractivity contribution in [1.82, 2.24) is 9.97 Å².